The summed E-state index contributed by atoms with van der Waals surface area (Å²) in [5, 5.41) is 2.07. The maximum absolute atomic E-state index is 11.9. The molecule has 2 aromatic carbocycles. The third-order valence-electron chi connectivity index (χ3n) is 4.71. The van der Waals surface area contributed by atoms with Gasteiger partial charge in [0.25, 0.3) is 0 Å². The molecule has 0 unspecified atom stereocenters. The van der Waals surface area contributed by atoms with Gasteiger partial charge in [0.1, 0.15) is 11.4 Å². The molecule has 0 fully saturated rings. The third-order valence-corrected chi connectivity index (χ3v) is 5.53. The maximum Gasteiger partial charge on any atom is 0.195 e. The average Bonchev–Trinajstić information content (AvgIpc) is 3.21. The van der Waals surface area contributed by atoms with Crippen molar-refractivity contribution in [2.24, 2.45) is 0 Å². The van der Waals surface area contributed by atoms with Crippen molar-refractivity contribution < 1.29 is 4.79 Å². The minimum absolute atomic E-state index is 0.499. The number of fused-ring (bicyclic) bond motifs is 1. The molecule has 0 aliphatic carbocycles. The van der Waals surface area contributed by atoms with Crippen LogP contribution in [-0.4, -0.2) is 15.7 Å². The maximum atomic E-state index is 11.9. The summed E-state index contributed by atoms with van der Waals surface area (Å²) in [5.41, 5.74) is 6.91. The Balaban J connectivity index is 1.87. The van der Waals surface area contributed by atoms with Gasteiger partial charge >= 0.3 is 0 Å². The fourth-order valence-corrected chi connectivity index (χ4v) is 4.06. The number of aldehydes is 1. The van der Waals surface area contributed by atoms with Gasteiger partial charge in [-0.25, -0.2) is 4.98 Å². The van der Waals surface area contributed by atoms with E-state index < -0.39 is 0 Å². The summed E-state index contributed by atoms with van der Waals surface area (Å²) in [7, 11) is 0. The standard InChI is InChI=1S/C22H20N2OS/c1-14(2)16-8-10-17(11-9-16)20-13-26-22-23-21(19(12-25)24(20)22)18-6-4-15(3)5-7-18/h4-14H,1-3H3. The lowest BCUT2D eigenvalue weighted by Crippen LogP contribution is -1.94. The summed E-state index contributed by atoms with van der Waals surface area (Å²) in [6.45, 7) is 6.42. The molecule has 2 heterocycles. The fraction of sp³-hybridized carbons (Fsp3) is 0.182. The zero-order valence-corrected chi connectivity index (χ0v) is 15.9. The second-order valence-corrected chi connectivity index (χ2v) is 7.68. The highest BCUT2D eigenvalue weighted by atomic mass is 32.1. The van der Waals surface area contributed by atoms with E-state index in [0.29, 0.717) is 11.6 Å². The molecule has 4 rings (SSSR count). The van der Waals surface area contributed by atoms with Crippen molar-refractivity contribution in [2.45, 2.75) is 26.7 Å². The molecule has 3 nitrogen and oxygen atoms in total. The Morgan fingerprint density at radius 1 is 1.00 bits per heavy atom. The van der Waals surface area contributed by atoms with E-state index >= 15 is 0 Å². The highest BCUT2D eigenvalue weighted by Gasteiger charge is 2.18. The second-order valence-electron chi connectivity index (χ2n) is 6.85. The predicted octanol–water partition coefficient (Wildman–Crippen LogP) is 5.97. The lowest BCUT2D eigenvalue weighted by Gasteiger charge is -2.07. The summed E-state index contributed by atoms with van der Waals surface area (Å²) in [6.07, 6.45) is 0.911. The molecular formula is C22H20N2OS. The Kier molecular flexibility index (Phi) is 4.21. The number of carbonyl (C=O) groups excluding carboxylic acids is 1. The Hall–Kier alpha value is -2.72. The summed E-state index contributed by atoms with van der Waals surface area (Å²) < 4.78 is 1.97. The van der Waals surface area contributed by atoms with Crippen LogP contribution in [0.3, 0.4) is 0 Å². The van der Waals surface area contributed by atoms with Crippen LogP contribution in [0.4, 0.5) is 0 Å². The number of carbonyl (C=O) groups is 1. The van der Waals surface area contributed by atoms with E-state index in [9.17, 15) is 4.79 Å². The van der Waals surface area contributed by atoms with Crippen molar-refractivity contribution in [3.63, 3.8) is 0 Å². The van der Waals surface area contributed by atoms with Gasteiger partial charge in [0.05, 0.1) is 5.69 Å². The number of hydrogen-bond acceptors (Lipinski definition) is 3. The summed E-state index contributed by atoms with van der Waals surface area (Å²) >= 11 is 1.56. The molecule has 0 saturated carbocycles. The zero-order chi connectivity index (χ0) is 18.3. The normalized spacial score (nSPS) is 11.4. The van der Waals surface area contributed by atoms with Crippen LogP contribution in [0.1, 0.15) is 41.4 Å². The van der Waals surface area contributed by atoms with Crippen molar-refractivity contribution >= 4 is 22.6 Å². The van der Waals surface area contributed by atoms with E-state index in [1.165, 1.54) is 11.1 Å². The molecule has 0 amide bonds. The topological polar surface area (TPSA) is 34.4 Å². The quantitative estimate of drug-likeness (QED) is 0.420. The molecule has 2 aromatic heterocycles. The number of benzene rings is 2. The molecule has 0 N–H and O–H groups in total. The van der Waals surface area contributed by atoms with Gasteiger partial charge in [0.2, 0.25) is 0 Å². The van der Waals surface area contributed by atoms with Crippen molar-refractivity contribution in [2.75, 3.05) is 0 Å². The number of imidazole rings is 1. The van der Waals surface area contributed by atoms with Gasteiger partial charge < -0.3 is 0 Å². The first-order chi connectivity index (χ1) is 12.6. The lowest BCUT2D eigenvalue weighted by atomic mass is 10.0. The zero-order valence-electron chi connectivity index (χ0n) is 15.1. The summed E-state index contributed by atoms with van der Waals surface area (Å²) in [5.74, 6) is 0.499. The third kappa shape index (κ3) is 2.76. The van der Waals surface area contributed by atoms with Gasteiger partial charge in [-0.1, -0.05) is 67.9 Å². The fourth-order valence-electron chi connectivity index (χ4n) is 3.15. The molecule has 0 aliphatic heterocycles. The van der Waals surface area contributed by atoms with E-state index in [1.54, 1.807) is 11.3 Å². The van der Waals surface area contributed by atoms with E-state index in [2.05, 4.69) is 50.4 Å². The van der Waals surface area contributed by atoms with Crippen LogP contribution in [-0.2, 0) is 0 Å². The van der Waals surface area contributed by atoms with Crippen molar-refractivity contribution in [1.82, 2.24) is 9.38 Å². The van der Waals surface area contributed by atoms with Crippen LogP contribution >= 0.6 is 11.3 Å². The number of aryl methyl sites for hydroxylation is 1. The molecule has 0 spiro atoms. The largest absolute Gasteiger partial charge is 0.296 e. The SMILES string of the molecule is Cc1ccc(-c2nc3scc(-c4ccc(C(C)C)cc4)n3c2C=O)cc1. The second kappa shape index (κ2) is 6.54. The van der Waals surface area contributed by atoms with Gasteiger partial charge in [0.15, 0.2) is 11.2 Å². The van der Waals surface area contributed by atoms with Gasteiger partial charge in [-0.15, -0.1) is 11.3 Å². The first-order valence-electron chi connectivity index (χ1n) is 8.71. The van der Waals surface area contributed by atoms with Crippen LogP contribution in [0.2, 0.25) is 0 Å². The number of thiazole rings is 1. The van der Waals surface area contributed by atoms with Crippen LogP contribution in [0.25, 0.3) is 27.5 Å². The van der Waals surface area contributed by atoms with Gasteiger partial charge in [-0.05, 0) is 24.0 Å². The first kappa shape index (κ1) is 16.7. The lowest BCUT2D eigenvalue weighted by molar-refractivity contribution is 0.111. The molecule has 0 bridgehead atoms. The minimum atomic E-state index is 0.499. The molecule has 4 aromatic rings. The van der Waals surface area contributed by atoms with E-state index in [1.807, 2.05) is 28.7 Å². The highest BCUT2D eigenvalue weighted by Crippen LogP contribution is 2.32. The number of hydrogen-bond donors (Lipinski definition) is 0. The van der Waals surface area contributed by atoms with Crippen LogP contribution in [0, 0.1) is 6.92 Å². The molecule has 0 atom stereocenters. The van der Waals surface area contributed by atoms with Crippen molar-refractivity contribution in [3.8, 4) is 22.5 Å². The first-order valence-corrected chi connectivity index (χ1v) is 9.59. The van der Waals surface area contributed by atoms with E-state index in [4.69, 9.17) is 4.98 Å². The van der Waals surface area contributed by atoms with E-state index in [-0.39, 0.29) is 0 Å². The van der Waals surface area contributed by atoms with Crippen LogP contribution in [0.15, 0.2) is 53.9 Å². The van der Waals surface area contributed by atoms with E-state index in [0.717, 1.165) is 33.8 Å². The average molecular weight is 360 g/mol. The Labute approximate surface area is 157 Å². The van der Waals surface area contributed by atoms with Crippen molar-refractivity contribution in [3.05, 3.63) is 70.7 Å². The molecule has 4 heteroatoms. The highest BCUT2D eigenvalue weighted by molar-refractivity contribution is 7.15. The van der Waals surface area contributed by atoms with Crippen molar-refractivity contribution in [1.29, 1.82) is 0 Å². The molecule has 0 radical (unpaired) electrons. The van der Waals surface area contributed by atoms with Crippen LogP contribution < -0.4 is 0 Å². The van der Waals surface area contributed by atoms with Gasteiger partial charge in [-0.3, -0.25) is 9.20 Å². The minimum Gasteiger partial charge on any atom is -0.296 e. The predicted molar refractivity (Wildman–Crippen MR) is 108 cm³/mol. The summed E-state index contributed by atoms with van der Waals surface area (Å²) in [4.78, 5) is 17.5. The molecular weight excluding hydrogens is 340 g/mol. The Bertz CT molecular complexity index is 1070. The number of aromatic nitrogens is 2. The monoisotopic (exact) mass is 360 g/mol. The smallest absolute Gasteiger partial charge is 0.195 e. The molecule has 0 aliphatic rings. The molecule has 130 valence electrons. The Morgan fingerprint density at radius 3 is 2.27 bits per heavy atom. The van der Waals surface area contributed by atoms with Gasteiger partial charge in [0, 0.05) is 10.9 Å². The summed E-state index contributed by atoms with van der Waals surface area (Å²) in [6, 6.07) is 16.7. The molecule has 0 saturated heterocycles. The van der Waals surface area contributed by atoms with Gasteiger partial charge in [-0.2, -0.15) is 0 Å². The molecule has 26 heavy (non-hydrogen) atoms. The number of nitrogens with zero attached hydrogens (tertiary/aromatic N) is 2. The van der Waals surface area contributed by atoms with Crippen LogP contribution in [0.5, 0.6) is 0 Å². The Morgan fingerprint density at radius 2 is 1.65 bits per heavy atom. The number of rotatable bonds is 4.